The normalized spacial score (nSPS) is 10.4. The average molecular weight is 262 g/mol. The van der Waals surface area contributed by atoms with E-state index in [0.717, 1.165) is 16.6 Å². The molecule has 0 spiro atoms. The molecule has 0 aliphatic heterocycles. The van der Waals surface area contributed by atoms with Gasteiger partial charge in [-0.2, -0.15) is 0 Å². The quantitative estimate of drug-likeness (QED) is 0.708. The fourth-order valence-corrected chi connectivity index (χ4v) is 2.24. The highest BCUT2D eigenvalue weighted by Gasteiger charge is 2.15. The maximum atomic E-state index is 12.5. The van der Waals surface area contributed by atoms with Gasteiger partial charge in [0.2, 0.25) is 0 Å². The summed E-state index contributed by atoms with van der Waals surface area (Å²) in [5.74, 6) is -0.0382. The Bertz CT molecular complexity index is 748. The number of rotatable bonds is 2. The fourth-order valence-electron chi connectivity index (χ4n) is 2.24. The van der Waals surface area contributed by atoms with Crippen molar-refractivity contribution in [2.75, 3.05) is 11.9 Å². The van der Waals surface area contributed by atoms with Gasteiger partial charge in [0.05, 0.1) is 11.2 Å². The van der Waals surface area contributed by atoms with Crippen LogP contribution >= 0.6 is 0 Å². The van der Waals surface area contributed by atoms with Crippen LogP contribution in [-0.4, -0.2) is 17.9 Å². The number of nitrogens with zero attached hydrogens (tertiary/aromatic N) is 2. The van der Waals surface area contributed by atoms with Gasteiger partial charge in [-0.25, -0.2) is 0 Å². The standard InChI is InChI=1S/C17H14N2O/c1-19(17(20)14-7-3-2-4-8-14)15-11-5-9-13-10-6-12-18-16(13)15/h2-12H,1H3. The van der Waals surface area contributed by atoms with Crippen molar-refractivity contribution in [2.45, 2.75) is 0 Å². The van der Waals surface area contributed by atoms with Crippen LogP contribution in [0.2, 0.25) is 0 Å². The number of hydrogen-bond acceptors (Lipinski definition) is 2. The molecular formula is C17H14N2O. The van der Waals surface area contributed by atoms with Crippen molar-refractivity contribution in [3.05, 3.63) is 72.4 Å². The van der Waals surface area contributed by atoms with Crippen molar-refractivity contribution in [1.29, 1.82) is 0 Å². The SMILES string of the molecule is CN(C(=O)c1ccccc1)c1cccc2cccnc12. The van der Waals surface area contributed by atoms with Crippen LogP contribution in [-0.2, 0) is 0 Å². The van der Waals surface area contributed by atoms with E-state index in [-0.39, 0.29) is 5.91 Å². The second-order valence-corrected chi connectivity index (χ2v) is 4.58. The highest BCUT2D eigenvalue weighted by molar-refractivity contribution is 6.09. The predicted molar refractivity (Wildman–Crippen MR) is 80.9 cm³/mol. The molecule has 3 nitrogen and oxygen atoms in total. The van der Waals surface area contributed by atoms with Crippen LogP contribution in [0.1, 0.15) is 10.4 Å². The molecule has 0 atom stereocenters. The van der Waals surface area contributed by atoms with E-state index in [1.54, 1.807) is 18.1 Å². The Hall–Kier alpha value is -2.68. The molecule has 1 heterocycles. The van der Waals surface area contributed by atoms with Crippen molar-refractivity contribution < 1.29 is 4.79 Å². The van der Waals surface area contributed by atoms with Gasteiger partial charge in [-0.1, -0.05) is 36.4 Å². The largest absolute Gasteiger partial charge is 0.309 e. The van der Waals surface area contributed by atoms with Gasteiger partial charge in [-0.15, -0.1) is 0 Å². The summed E-state index contributed by atoms with van der Waals surface area (Å²) in [5, 5.41) is 1.03. The lowest BCUT2D eigenvalue weighted by molar-refractivity contribution is 0.0993. The van der Waals surface area contributed by atoms with Crippen LogP contribution in [0.4, 0.5) is 5.69 Å². The number of benzene rings is 2. The molecule has 0 unspecified atom stereocenters. The van der Waals surface area contributed by atoms with Crippen LogP contribution in [0.25, 0.3) is 10.9 Å². The molecule has 0 fully saturated rings. The summed E-state index contributed by atoms with van der Waals surface area (Å²) in [7, 11) is 1.78. The zero-order valence-corrected chi connectivity index (χ0v) is 11.2. The van der Waals surface area contributed by atoms with Gasteiger partial charge in [-0.3, -0.25) is 9.78 Å². The van der Waals surface area contributed by atoms with Gasteiger partial charge in [0.1, 0.15) is 0 Å². The van der Waals surface area contributed by atoms with Gasteiger partial charge >= 0.3 is 0 Å². The first-order valence-corrected chi connectivity index (χ1v) is 6.44. The predicted octanol–water partition coefficient (Wildman–Crippen LogP) is 3.51. The Balaban J connectivity index is 2.05. The summed E-state index contributed by atoms with van der Waals surface area (Å²) in [6.45, 7) is 0. The van der Waals surface area contributed by atoms with Crippen LogP contribution in [0.15, 0.2) is 66.9 Å². The summed E-state index contributed by atoms with van der Waals surface area (Å²) in [6, 6.07) is 19.0. The first-order valence-electron chi connectivity index (χ1n) is 6.44. The molecule has 0 radical (unpaired) electrons. The highest BCUT2D eigenvalue weighted by atomic mass is 16.2. The van der Waals surface area contributed by atoms with E-state index in [0.29, 0.717) is 5.56 Å². The topological polar surface area (TPSA) is 33.2 Å². The summed E-state index contributed by atoms with van der Waals surface area (Å²) in [6.07, 6.45) is 1.74. The molecular weight excluding hydrogens is 248 g/mol. The van der Waals surface area contributed by atoms with Crippen molar-refractivity contribution >= 4 is 22.5 Å². The highest BCUT2D eigenvalue weighted by Crippen LogP contribution is 2.24. The molecule has 0 bridgehead atoms. The van der Waals surface area contributed by atoms with Crippen molar-refractivity contribution in [3.63, 3.8) is 0 Å². The van der Waals surface area contributed by atoms with E-state index in [1.165, 1.54) is 0 Å². The zero-order valence-electron chi connectivity index (χ0n) is 11.2. The van der Waals surface area contributed by atoms with Crippen LogP contribution in [0.5, 0.6) is 0 Å². The molecule has 0 aliphatic carbocycles. The molecule has 2 aromatic carbocycles. The van der Waals surface area contributed by atoms with Gasteiger partial charge < -0.3 is 4.90 Å². The second-order valence-electron chi connectivity index (χ2n) is 4.58. The lowest BCUT2D eigenvalue weighted by atomic mass is 10.1. The van der Waals surface area contributed by atoms with Crippen LogP contribution in [0.3, 0.4) is 0 Å². The number of para-hydroxylation sites is 1. The number of carbonyl (C=O) groups excluding carboxylic acids is 1. The molecule has 0 saturated heterocycles. The molecule has 0 N–H and O–H groups in total. The Morgan fingerprint density at radius 3 is 2.50 bits per heavy atom. The third-order valence-corrected chi connectivity index (χ3v) is 3.30. The van der Waals surface area contributed by atoms with Crippen molar-refractivity contribution in [2.24, 2.45) is 0 Å². The third kappa shape index (κ3) is 2.14. The van der Waals surface area contributed by atoms with E-state index >= 15 is 0 Å². The minimum atomic E-state index is -0.0382. The van der Waals surface area contributed by atoms with Gasteiger partial charge in [0, 0.05) is 24.2 Å². The minimum Gasteiger partial charge on any atom is -0.309 e. The molecule has 1 aromatic heterocycles. The molecule has 20 heavy (non-hydrogen) atoms. The Morgan fingerprint density at radius 1 is 0.950 bits per heavy atom. The average Bonchev–Trinajstić information content (AvgIpc) is 2.54. The van der Waals surface area contributed by atoms with E-state index in [2.05, 4.69) is 4.98 Å². The molecule has 1 amide bonds. The number of amides is 1. The number of anilines is 1. The maximum absolute atomic E-state index is 12.5. The Labute approximate surface area is 117 Å². The van der Waals surface area contributed by atoms with Gasteiger partial charge in [-0.05, 0) is 24.3 Å². The number of hydrogen-bond donors (Lipinski definition) is 0. The smallest absolute Gasteiger partial charge is 0.258 e. The van der Waals surface area contributed by atoms with E-state index < -0.39 is 0 Å². The monoisotopic (exact) mass is 262 g/mol. The van der Waals surface area contributed by atoms with Crippen molar-refractivity contribution in [3.8, 4) is 0 Å². The lowest BCUT2D eigenvalue weighted by Gasteiger charge is -2.18. The Morgan fingerprint density at radius 2 is 1.70 bits per heavy atom. The molecule has 3 aromatic rings. The van der Waals surface area contributed by atoms with E-state index in [9.17, 15) is 4.79 Å². The van der Waals surface area contributed by atoms with Crippen LogP contribution < -0.4 is 4.90 Å². The summed E-state index contributed by atoms with van der Waals surface area (Å²) < 4.78 is 0. The second kappa shape index (κ2) is 5.13. The molecule has 3 rings (SSSR count). The van der Waals surface area contributed by atoms with E-state index in [4.69, 9.17) is 0 Å². The molecule has 0 aliphatic rings. The molecule has 98 valence electrons. The first-order chi connectivity index (χ1) is 9.77. The number of aromatic nitrogens is 1. The van der Waals surface area contributed by atoms with Gasteiger partial charge in [0.25, 0.3) is 5.91 Å². The lowest BCUT2D eigenvalue weighted by Crippen LogP contribution is -2.26. The fraction of sp³-hybridized carbons (Fsp3) is 0.0588. The summed E-state index contributed by atoms with van der Waals surface area (Å²) >= 11 is 0. The third-order valence-electron chi connectivity index (χ3n) is 3.30. The number of fused-ring (bicyclic) bond motifs is 1. The Kier molecular flexibility index (Phi) is 3.17. The number of carbonyl (C=O) groups is 1. The molecule has 3 heteroatoms. The van der Waals surface area contributed by atoms with Gasteiger partial charge in [0.15, 0.2) is 0 Å². The first kappa shape index (κ1) is 12.4. The maximum Gasteiger partial charge on any atom is 0.258 e. The van der Waals surface area contributed by atoms with E-state index in [1.807, 2.05) is 60.7 Å². The molecule has 0 saturated carbocycles. The zero-order chi connectivity index (χ0) is 13.9. The van der Waals surface area contributed by atoms with Crippen LogP contribution in [0, 0.1) is 0 Å². The summed E-state index contributed by atoms with van der Waals surface area (Å²) in [5.41, 5.74) is 2.32. The minimum absolute atomic E-state index is 0.0382. The number of pyridine rings is 1. The summed E-state index contributed by atoms with van der Waals surface area (Å²) in [4.78, 5) is 18.5. The van der Waals surface area contributed by atoms with Crippen molar-refractivity contribution in [1.82, 2.24) is 4.98 Å².